The van der Waals surface area contributed by atoms with Crippen LogP contribution >= 0.6 is 0 Å². The summed E-state index contributed by atoms with van der Waals surface area (Å²) in [6, 6.07) is 17.8. The maximum Gasteiger partial charge on any atom is 0.349 e. The highest BCUT2D eigenvalue weighted by atomic mass is 16.6. The highest BCUT2D eigenvalue weighted by Gasteiger charge is 2.42. The van der Waals surface area contributed by atoms with Gasteiger partial charge in [0, 0.05) is 0 Å². The Bertz CT molecular complexity index is 599. The fourth-order valence-electron chi connectivity index (χ4n) is 2.81. The number of rotatable bonds is 7. The second-order valence-corrected chi connectivity index (χ2v) is 5.67. The van der Waals surface area contributed by atoms with E-state index in [1.807, 2.05) is 37.8 Å². The van der Waals surface area contributed by atoms with Crippen LogP contribution in [0.15, 0.2) is 60.7 Å². The van der Waals surface area contributed by atoms with E-state index in [1.165, 1.54) is 0 Å². The summed E-state index contributed by atoms with van der Waals surface area (Å²) in [4.78, 5) is 14.9. The predicted octanol–water partition coefficient (Wildman–Crippen LogP) is 3.15. The molecule has 128 valence electrons. The molecule has 1 atom stereocenters. The molecule has 2 aromatic rings. The van der Waals surface area contributed by atoms with Gasteiger partial charge in [0.1, 0.15) is 0 Å². The smallest absolute Gasteiger partial charge is 0.349 e. The number of benzene rings is 2. The van der Waals surface area contributed by atoms with Gasteiger partial charge < -0.3 is 9.84 Å². The van der Waals surface area contributed by atoms with Crippen LogP contribution < -0.4 is 0 Å². The zero-order chi connectivity index (χ0) is 17.6. The van der Waals surface area contributed by atoms with E-state index in [2.05, 4.69) is 0 Å². The molecule has 0 saturated heterocycles. The number of nitrogens with zero attached hydrogens (tertiary/aromatic N) is 1. The molecule has 1 N–H and O–H groups in total. The minimum atomic E-state index is -1.83. The summed E-state index contributed by atoms with van der Waals surface area (Å²) < 4.78 is 5.61. The molecule has 0 aliphatic heterocycles. The van der Waals surface area contributed by atoms with E-state index in [0.29, 0.717) is 11.1 Å². The molecule has 0 heterocycles. The summed E-state index contributed by atoms with van der Waals surface area (Å²) in [5, 5.41) is 11.3. The first-order valence-corrected chi connectivity index (χ1v) is 8.32. The fraction of sp³-hybridized carbons (Fsp3) is 0.350. The molecule has 0 radical (unpaired) electrons. The van der Waals surface area contributed by atoms with Gasteiger partial charge in [0.2, 0.25) is 5.60 Å². The van der Waals surface area contributed by atoms with Crippen molar-refractivity contribution in [3.8, 4) is 0 Å². The van der Waals surface area contributed by atoms with Crippen LogP contribution in [0, 0.1) is 0 Å². The third-order valence-corrected chi connectivity index (χ3v) is 4.28. The average Bonchev–Trinajstić information content (AvgIpc) is 2.63. The molecule has 24 heavy (non-hydrogen) atoms. The van der Waals surface area contributed by atoms with Crippen molar-refractivity contribution in [2.45, 2.75) is 32.6 Å². The third kappa shape index (κ3) is 3.66. The molecule has 0 aliphatic carbocycles. The van der Waals surface area contributed by atoms with Gasteiger partial charge in [-0.3, -0.25) is 4.90 Å². The number of ether oxygens (including phenoxy) is 1. The zero-order valence-corrected chi connectivity index (χ0v) is 14.5. The second kappa shape index (κ2) is 8.08. The van der Waals surface area contributed by atoms with Gasteiger partial charge in [-0.2, -0.15) is 0 Å². The number of hydrogen-bond donors (Lipinski definition) is 1. The predicted molar refractivity (Wildman–Crippen MR) is 94.4 cm³/mol. The van der Waals surface area contributed by atoms with Crippen molar-refractivity contribution in [2.24, 2.45) is 0 Å². The average molecular weight is 327 g/mol. The first kappa shape index (κ1) is 18.2. The Morgan fingerprint density at radius 1 is 1.00 bits per heavy atom. The number of carbonyl (C=O) groups excluding carboxylic acids is 1. The quantitative estimate of drug-likeness (QED) is 0.627. The Morgan fingerprint density at radius 2 is 1.42 bits per heavy atom. The molecule has 4 heteroatoms. The lowest BCUT2D eigenvalue weighted by atomic mass is 9.86. The van der Waals surface area contributed by atoms with Crippen LogP contribution in [0.5, 0.6) is 0 Å². The Morgan fingerprint density at radius 3 is 1.79 bits per heavy atom. The van der Waals surface area contributed by atoms with Gasteiger partial charge in [-0.25, -0.2) is 4.79 Å². The molecular weight excluding hydrogens is 302 g/mol. The summed E-state index contributed by atoms with van der Waals surface area (Å²) >= 11 is 0. The zero-order valence-electron chi connectivity index (χ0n) is 14.5. The van der Waals surface area contributed by atoms with Crippen LogP contribution in [0.1, 0.15) is 31.9 Å². The van der Waals surface area contributed by atoms with Gasteiger partial charge in [-0.05, 0) is 31.1 Å². The van der Waals surface area contributed by atoms with E-state index < -0.39 is 17.8 Å². The van der Waals surface area contributed by atoms with Crippen molar-refractivity contribution < 1.29 is 14.6 Å². The van der Waals surface area contributed by atoms with Gasteiger partial charge in [0.05, 0.1) is 0 Å². The normalized spacial score (nSPS) is 12.9. The first-order chi connectivity index (χ1) is 11.5. The SMILES string of the molecule is CCN(CC)C(C)OC(=O)C(O)(c1ccccc1)c1ccccc1. The summed E-state index contributed by atoms with van der Waals surface area (Å²) in [6.07, 6.45) is -0.411. The number of aliphatic hydroxyl groups is 1. The van der Waals surface area contributed by atoms with E-state index in [4.69, 9.17) is 4.74 Å². The summed E-state index contributed by atoms with van der Waals surface area (Å²) in [7, 11) is 0. The van der Waals surface area contributed by atoms with Crippen molar-refractivity contribution in [1.82, 2.24) is 4.90 Å². The van der Waals surface area contributed by atoms with Crippen LogP contribution in [0.2, 0.25) is 0 Å². The molecule has 1 unspecified atom stereocenters. The lowest BCUT2D eigenvalue weighted by Gasteiger charge is -2.32. The number of hydrogen-bond acceptors (Lipinski definition) is 4. The van der Waals surface area contributed by atoms with Crippen molar-refractivity contribution >= 4 is 5.97 Å². The Balaban J connectivity index is 2.39. The summed E-state index contributed by atoms with van der Waals surface area (Å²) in [6.45, 7) is 7.37. The topological polar surface area (TPSA) is 49.8 Å². The minimum absolute atomic E-state index is 0.411. The monoisotopic (exact) mass is 327 g/mol. The van der Waals surface area contributed by atoms with E-state index in [-0.39, 0.29) is 0 Å². The Kier molecular flexibility index (Phi) is 6.12. The molecule has 0 amide bonds. The van der Waals surface area contributed by atoms with Crippen LogP contribution in [-0.2, 0) is 15.1 Å². The second-order valence-electron chi connectivity index (χ2n) is 5.67. The number of esters is 1. The van der Waals surface area contributed by atoms with Gasteiger partial charge in [0.15, 0.2) is 6.23 Å². The van der Waals surface area contributed by atoms with Crippen molar-refractivity contribution in [3.05, 3.63) is 71.8 Å². The highest BCUT2D eigenvalue weighted by molar-refractivity contribution is 5.85. The van der Waals surface area contributed by atoms with Gasteiger partial charge >= 0.3 is 5.97 Å². The summed E-state index contributed by atoms with van der Waals surface area (Å²) in [5.74, 6) is -0.667. The lowest BCUT2D eigenvalue weighted by Crippen LogP contribution is -2.44. The van der Waals surface area contributed by atoms with Crippen LogP contribution in [-0.4, -0.2) is 35.3 Å². The molecule has 2 aromatic carbocycles. The fourth-order valence-corrected chi connectivity index (χ4v) is 2.81. The van der Waals surface area contributed by atoms with Gasteiger partial charge in [-0.1, -0.05) is 74.5 Å². The third-order valence-electron chi connectivity index (χ3n) is 4.28. The van der Waals surface area contributed by atoms with Crippen LogP contribution in [0.25, 0.3) is 0 Å². The molecule has 2 rings (SSSR count). The molecule has 4 nitrogen and oxygen atoms in total. The molecule has 0 aromatic heterocycles. The van der Waals surface area contributed by atoms with E-state index in [0.717, 1.165) is 13.1 Å². The molecule has 0 saturated carbocycles. The van der Waals surface area contributed by atoms with Gasteiger partial charge in [-0.15, -0.1) is 0 Å². The van der Waals surface area contributed by atoms with Gasteiger partial charge in [0.25, 0.3) is 0 Å². The maximum absolute atomic E-state index is 12.9. The molecule has 0 aliphatic rings. The molecule has 0 bridgehead atoms. The minimum Gasteiger partial charge on any atom is -0.444 e. The molecule has 0 fully saturated rings. The van der Waals surface area contributed by atoms with Crippen molar-refractivity contribution in [2.75, 3.05) is 13.1 Å². The van der Waals surface area contributed by atoms with E-state index in [1.54, 1.807) is 48.5 Å². The van der Waals surface area contributed by atoms with Crippen molar-refractivity contribution in [3.63, 3.8) is 0 Å². The largest absolute Gasteiger partial charge is 0.444 e. The molecule has 0 spiro atoms. The lowest BCUT2D eigenvalue weighted by molar-refractivity contribution is -0.176. The Hall–Kier alpha value is -2.17. The standard InChI is InChI=1S/C20H25NO3/c1-4-21(5-2)16(3)24-19(22)20(23,17-12-8-6-9-13-17)18-14-10-7-11-15-18/h6-16,23H,4-5H2,1-3H3. The Labute approximate surface area is 143 Å². The van der Waals surface area contributed by atoms with Crippen LogP contribution in [0.3, 0.4) is 0 Å². The maximum atomic E-state index is 12.9. The summed E-state index contributed by atoms with van der Waals surface area (Å²) in [5.41, 5.74) is -0.842. The van der Waals surface area contributed by atoms with Crippen molar-refractivity contribution in [1.29, 1.82) is 0 Å². The molecular formula is C20H25NO3. The first-order valence-electron chi connectivity index (χ1n) is 8.32. The number of carbonyl (C=O) groups is 1. The van der Waals surface area contributed by atoms with E-state index >= 15 is 0 Å². The van der Waals surface area contributed by atoms with E-state index in [9.17, 15) is 9.90 Å². The highest BCUT2D eigenvalue weighted by Crippen LogP contribution is 2.31. The van der Waals surface area contributed by atoms with Crippen LogP contribution in [0.4, 0.5) is 0 Å².